The molecule has 0 atom stereocenters. The fourth-order valence-corrected chi connectivity index (χ4v) is 1.51. The minimum atomic E-state index is -4.33. The molecule has 0 spiro atoms. The van der Waals surface area contributed by atoms with Crippen molar-refractivity contribution in [2.24, 2.45) is 0 Å². The number of benzene rings is 1. The van der Waals surface area contributed by atoms with Gasteiger partial charge in [0.25, 0.3) is 0 Å². The maximum absolute atomic E-state index is 10.7. The lowest BCUT2D eigenvalue weighted by Gasteiger charge is -2.06. The van der Waals surface area contributed by atoms with Crippen LogP contribution in [0.5, 0.6) is 5.75 Å². The molecule has 0 saturated heterocycles. The quantitative estimate of drug-likeness (QED) is 0.561. The lowest BCUT2D eigenvalue weighted by molar-refractivity contribution is 0.384. The average molecular weight is 188 g/mol. The van der Waals surface area contributed by atoms with Gasteiger partial charge in [0.05, 0.1) is 0 Å². The van der Waals surface area contributed by atoms with Crippen LogP contribution in [0.15, 0.2) is 18.2 Å². The Bertz CT molecular complexity index is 341. The summed E-state index contributed by atoms with van der Waals surface area (Å²) in [7, 11) is -4.33. The van der Waals surface area contributed by atoms with Crippen molar-refractivity contribution < 1.29 is 19.5 Å². The maximum Gasteiger partial charge on any atom is 0.359 e. The summed E-state index contributed by atoms with van der Waals surface area (Å²) in [5.74, 6) is -0.358. The van der Waals surface area contributed by atoms with E-state index in [-0.39, 0.29) is 11.1 Å². The normalized spacial score (nSPS) is 11.6. The van der Waals surface area contributed by atoms with E-state index in [9.17, 15) is 4.57 Å². The van der Waals surface area contributed by atoms with Crippen LogP contribution in [0.3, 0.4) is 0 Å². The molecule has 1 rings (SSSR count). The Morgan fingerprint density at radius 1 is 1.33 bits per heavy atom. The van der Waals surface area contributed by atoms with Crippen LogP contribution >= 0.6 is 7.60 Å². The highest BCUT2D eigenvalue weighted by Gasteiger charge is 2.20. The Balaban J connectivity index is 3.28. The van der Waals surface area contributed by atoms with Gasteiger partial charge in [-0.2, -0.15) is 0 Å². The Morgan fingerprint density at radius 2 is 1.92 bits per heavy atom. The molecule has 1 aromatic carbocycles. The third-order valence-corrected chi connectivity index (χ3v) is 2.45. The van der Waals surface area contributed by atoms with E-state index >= 15 is 0 Å². The summed E-state index contributed by atoms with van der Waals surface area (Å²) in [4.78, 5) is 17.4. The number of aryl methyl sites for hydroxylation is 1. The molecule has 0 aromatic heterocycles. The molecule has 12 heavy (non-hydrogen) atoms. The summed E-state index contributed by atoms with van der Waals surface area (Å²) in [6.45, 7) is 1.73. The number of phenolic OH excluding ortho intramolecular Hbond substituents is 1. The largest absolute Gasteiger partial charge is 0.507 e. The van der Waals surface area contributed by atoms with Gasteiger partial charge in [-0.05, 0) is 24.6 Å². The molecule has 1 aromatic rings. The smallest absolute Gasteiger partial charge is 0.359 e. The SMILES string of the molecule is Cc1ccc(P(=O)(O)O)c(O)c1. The molecule has 0 saturated carbocycles. The zero-order valence-electron chi connectivity index (χ0n) is 6.43. The minimum Gasteiger partial charge on any atom is -0.507 e. The van der Waals surface area contributed by atoms with Gasteiger partial charge in [-0.15, -0.1) is 0 Å². The van der Waals surface area contributed by atoms with Crippen molar-refractivity contribution in [2.45, 2.75) is 6.92 Å². The second-order valence-electron chi connectivity index (χ2n) is 2.54. The zero-order chi connectivity index (χ0) is 9.35. The molecule has 0 radical (unpaired) electrons. The summed E-state index contributed by atoms with van der Waals surface area (Å²) >= 11 is 0. The first-order chi connectivity index (χ1) is 5.41. The van der Waals surface area contributed by atoms with Gasteiger partial charge in [0.1, 0.15) is 11.1 Å². The highest BCUT2D eigenvalue weighted by atomic mass is 31.2. The summed E-state index contributed by atoms with van der Waals surface area (Å²) < 4.78 is 10.7. The van der Waals surface area contributed by atoms with E-state index in [1.807, 2.05) is 0 Å². The standard InChI is InChI=1S/C7H9O4P/c1-5-2-3-7(6(8)4-5)12(9,10)11/h2-4,8H,1H3,(H2,9,10,11). The first kappa shape index (κ1) is 9.26. The predicted molar refractivity (Wildman–Crippen MR) is 44.5 cm³/mol. The van der Waals surface area contributed by atoms with Crippen LogP contribution in [0.2, 0.25) is 0 Å². The van der Waals surface area contributed by atoms with Crippen LogP contribution in [-0.4, -0.2) is 14.9 Å². The van der Waals surface area contributed by atoms with E-state index in [0.717, 1.165) is 5.56 Å². The number of hydrogen-bond acceptors (Lipinski definition) is 2. The summed E-state index contributed by atoms with van der Waals surface area (Å²) in [6, 6.07) is 4.08. The van der Waals surface area contributed by atoms with Crippen LogP contribution in [0, 0.1) is 6.92 Å². The molecule has 0 unspecified atom stereocenters. The van der Waals surface area contributed by atoms with Gasteiger partial charge < -0.3 is 14.9 Å². The molecule has 66 valence electrons. The Kier molecular flexibility index (Phi) is 2.24. The number of aromatic hydroxyl groups is 1. The van der Waals surface area contributed by atoms with Gasteiger partial charge in [-0.25, -0.2) is 0 Å². The van der Waals surface area contributed by atoms with Crippen LogP contribution in [0.1, 0.15) is 5.56 Å². The second-order valence-corrected chi connectivity index (χ2v) is 4.11. The van der Waals surface area contributed by atoms with Gasteiger partial charge in [-0.3, -0.25) is 4.57 Å². The van der Waals surface area contributed by atoms with Crippen LogP contribution < -0.4 is 5.30 Å². The lowest BCUT2D eigenvalue weighted by Crippen LogP contribution is -2.03. The first-order valence-corrected chi connectivity index (χ1v) is 4.88. The molecular formula is C7H9O4P. The van der Waals surface area contributed by atoms with Gasteiger partial charge in [0.2, 0.25) is 0 Å². The van der Waals surface area contributed by atoms with Gasteiger partial charge in [-0.1, -0.05) is 6.07 Å². The van der Waals surface area contributed by atoms with Crippen molar-refractivity contribution in [3.63, 3.8) is 0 Å². The lowest BCUT2D eigenvalue weighted by atomic mass is 10.2. The summed E-state index contributed by atoms with van der Waals surface area (Å²) in [6.07, 6.45) is 0. The van der Waals surface area contributed by atoms with Crippen molar-refractivity contribution in [1.82, 2.24) is 0 Å². The molecule has 4 nitrogen and oxygen atoms in total. The highest BCUT2D eigenvalue weighted by Crippen LogP contribution is 2.36. The molecule has 0 bridgehead atoms. The Morgan fingerprint density at radius 3 is 2.33 bits per heavy atom. The molecule has 0 fully saturated rings. The van der Waals surface area contributed by atoms with Gasteiger partial charge in [0.15, 0.2) is 0 Å². The van der Waals surface area contributed by atoms with Gasteiger partial charge in [0, 0.05) is 0 Å². The first-order valence-electron chi connectivity index (χ1n) is 3.27. The number of rotatable bonds is 1. The van der Waals surface area contributed by atoms with Gasteiger partial charge >= 0.3 is 7.60 Å². The third kappa shape index (κ3) is 1.85. The predicted octanol–water partition coefficient (Wildman–Crippen LogP) is 0.504. The van der Waals surface area contributed by atoms with Crippen LogP contribution in [-0.2, 0) is 4.57 Å². The molecule has 0 aliphatic carbocycles. The van der Waals surface area contributed by atoms with E-state index in [1.165, 1.54) is 18.2 Å². The molecule has 0 aliphatic heterocycles. The fourth-order valence-electron chi connectivity index (χ4n) is 0.880. The molecular weight excluding hydrogens is 179 g/mol. The average Bonchev–Trinajstić information content (AvgIpc) is 1.83. The molecule has 0 amide bonds. The molecule has 3 N–H and O–H groups in total. The van der Waals surface area contributed by atoms with Crippen molar-refractivity contribution in [3.05, 3.63) is 23.8 Å². The summed E-state index contributed by atoms with van der Waals surface area (Å²) in [5.41, 5.74) is 0.754. The van der Waals surface area contributed by atoms with E-state index in [4.69, 9.17) is 14.9 Å². The monoisotopic (exact) mass is 188 g/mol. The Labute approximate surface area is 69.6 Å². The number of hydrogen-bond donors (Lipinski definition) is 3. The maximum atomic E-state index is 10.7. The second kappa shape index (κ2) is 2.90. The van der Waals surface area contributed by atoms with E-state index in [1.54, 1.807) is 6.92 Å². The highest BCUT2D eigenvalue weighted by molar-refractivity contribution is 7.60. The van der Waals surface area contributed by atoms with Crippen molar-refractivity contribution in [1.29, 1.82) is 0 Å². The summed E-state index contributed by atoms with van der Waals surface area (Å²) in [5, 5.41) is 8.81. The molecule has 0 heterocycles. The van der Waals surface area contributed by atoms with E-state index in [2.05, 4.69) is 0 Å². The van der Waals surface area contributed by atoms with Crippen molar-refractivity contribution >= 4 is 12.9 Å². The van der Waals surface area contributed by atoms with Crippen molar-refractivity contribution in [2.75, 3.05) is 0 Å². The van der Waals surface area contributed by atoms with Crippen molar-refractivity contribution in [3.8, 4) is 5.75 Å². The fraction of sp³-hybridized carbons (Fsp3) is 0.143. The minimum absolute atomic E-state index is 0.326. The topological polar surface area (TPSA) is 77.8 Å². The number of phenols is 1. The third-order valence-electron chi connectivity index (χ3n) is 1.44. The van der Waals surface area contributed by atoms with E-state index in [0.29, 0.717) is 0 Å². The Hall–Kier alpha value is -0.830. The zero-order valence-corrected chi connectivity index (χ0v) is 7.32. The molecule has 0 aliphatic rings. The van der Waals surface area contributed by atoms with Crippen LogP contribution in [0.4, 0.5) is 0 Å². The van der Waals surface area contributed by atoms with Crippen LogP contribution in [0.25, 0.3) is 0 Å². The molecule has 5 heteroatoms. The van der Waals surface area contributed by atoms with E-state index < -0.39 is 7.60 Å².